The van der Waals surface area contributed by atoms with Gasteiger partial charge in [0.2, 0.25) is 11.8 Å². The number of methoxy groups -OCH3 is 1. The van der Waals surface area contributed by atoms with E-state index in [0.29, 0.717) is 25.4 Å². The number of hydrogen-bond acceptors (Lipinski definition) is 6. The molecule has 2 saturated heterocycles. The molecule has 1 saturated carbocycles. The molecular weight excluding hydrogens is 785 g/mol. The maximum Gasteiger partial charge on any atom is 0.258 e. The predicted octanol–water partition coefficient (Wildman–Crippen LogP) is 6.87. The van der Waals surface area contributed by atoms with Gasteiger partial charge in [0.1, 0.15) is 5.82 Å². The van der Waals surface area contributed by atoms with Gasteiger partial charge >= 0.3 is 0 Å². The van der Waals surface area contributed by atoms with E-state index in [1.807, 2.05) is 35.6 Å². The van der Waals surface area contributed by atoms with E-state index >= 15 is 0 Å². The molecule has 3 aromatic rings. The summed E-state index contributed by atoms with van der Waals surface area (Å²) in [6, 6.07) is 12.9. The summed E-state index contributed by atoms with van der Waals surface area (Å²) in [7, 11) is 1.38. The minimum Gasteiger partial charge on any atom is -0.504 e. The highest BCUT2D eigenvalue weighted by Gasteiger charge is 2.76. The summed E-state index contributed by atoms with van der Waals surface area (Å²) < 4.78 is 19.7. The highest BCUT2D eigenvalue weighted by molar-refractivity contribution is 14.1. The Labute approximate surface area is 297 Å². The van der Waals surface area contributed by atoms with E-state index in [2.05, 4.69) is 0 Å². The first-order valence-electron chi connectivity index (χ1n) is 14.7. The molecule has 0 radical (unpaired) electrons. The summed E-state index contributed by atoms with van der Waals surface area (Å²) in [5, 5.41) is 11.1. The number of aromatic hydroxyl groups is 1. The van der Waals surface area contributed by atoms with Gasteiger partial charge in [0.25, 0.3) is 11.8 Å². The lowest BCUT2D eigenvalue weighted by Gasteiger charge is -2.50. The van der Waals surface area contributed by atoms with Crippen LogP contribution in [0.1, 0.15) is 29.9 Å². The van der Waals surface area contributed by atoms with Crippen LogP contribution in [0.15, 0.2) is 66.2 Å². The molecule has 3 fully saturated rings. The number of rotatable bonds is 4. The lowest BCUT2D eigenvalue weighted by Crippen LogP contribution is -2.60. The van der Waals surface area contributed by atoms with Gasteiger partial charge in [0.05, 0.1) is 33.9 Å². The molecule has 13 heteroatoms. The van der Waals surface area contributed by atoms with Crippen molar-refractivity contribution in [2.45, 2.75) is 35.4 Å². The van der Waals surface area contributed by atoms with Crippen molar-refractivity contribution in [2.24, 2.45) is 17.8 Å². The summed E-state index contributed by atoms with van der Waals surface area (Å²) >= 11 is 23.1. The highest BCUT2D eigenvalue weighted by atomic mass is 127. The number of nitrogens with zero attached hydrogens (tertiary/aromatic N) is 2. The van der Waals surface area contributed by atoms with Crippen LogP contribution in [0, 0.1) is 34.1 Å². The summed E-state index contributed by atoms with van der Waals surface area (Å²) in [4.78, 5) is 54.8. The Morgan fingerprint density at radius 2 is 1.62 bits per heavy atom. The number of carbonyl (C=O) groups excluding carboxylic acids is 4. The van der Waals surface area contributed by atoms with Crippen molar-refractivity contribution < 1.29 is 33.4 Å². The number of anilines is 2. The van der Waals surface area contributed by atoms with Gasteiger partial charge in [-0.05, 0) is 108 Å². The van der Waals surface area contributed by atoms with E-state index in [1.54, 1.807) is 24.3 Å². The molecule has 0 aromatic heterocycles. The molecule has 7 rings (SSSR count). The molecule has 6 atom stereocenters. The lowest BCUT2D eigenvalue weighted by atomic mass is 9.56. The van der Waals surface area contributed by atoms with Crippen LogP contribution < -0.4 is 14.5 Å². The Morgan fingerprint density at radius 1 is 0.936 bits per heavy atom. The molecule has 4 amide bonds. The number of phenols is 1. The van der Waals surface area contributed by atoms with E-state index in [4.69, 9.17) is 39.5 Å². The highest BCUT2D eigenvalue weighted by Crippen LogP contribution is 2.66. The van der Waals surface area contributed by atoms with Crippen LogP contribution >= 0.6 is 57.4 Å². The molecule has 4 aliphatic rings. The van der Waals surface area contributed by atoms with Crippen molar-refractivity contribution in [1.29, 1.82) is 0 Å². The molecule has 0 unspecified atom stereocenters. The number of ether oxygens (including phenoxy) is 1. The molecule has 1 N–H and O–H groups in total. The Hall–Kier alpha value is -3.19. The number of benzene rings is 3. The van der Waals surface area contributed by atoms with E-state index in [9.17, 15) is 28.7 Å². The minimum absolute atomic E-state index is 0.0804. The first kappa shape index (κ1) is 32.4. The topological polar surface area (TPSA) is 104 Å². The average molecular weight is 810 g/mol. The number of hydrogen-bond donors (Lipinski definition) is 1. The number of aryl methyl sites for hydroxylation is 1. The Morgan fingerprint density at radius 3 is 2.28 bits per heavy atom. The number of carbonyl (C=O) groups is 4. The van der Waals surface area contributed by atoms with Gasteiger partial charge < -0.3 is 9.84 Å². The molecule has 2 aliphatic carbocycles. The van der Waals surface area contributed by atoms with E-state index in [-0.39, 0.29) is 30.0 Å². The largest absolute Gasteiger partial charge is 0.504 e. The number of allylic oxidation sites excluding steroid dienone is 2. The normalized spacial score (nSPS) is 29.9. The van der Waals surface area contributed by atoms with Crippen molar-refractivity contribution in [3.05, 3.63) is 91.8 Å². The molecule has 242 valence electrons. The number of halogens is 5. The molecule has 3 aromatic carbocycles. The Kier molecular flexibility index (Phi) is 7.70. The second-order valence-electron chi connectivity index (χ2n) is 12.2. The molecule has 2 heterocycles. The number of imide groups is 2. The Balaban J connectivity index is 1.42. The van der Waals surface area contributed by atoms with Gasteiger partial charge in [0.15, 0.2) is 21.2 Å². The monoisotopic (exact) mass is 808 g/mol. The summed E-state index contributed by atoms with van der Waals surface area (Å²) in [5.74, 6) is -6.63. The number of amides is 4. The second kappa shape index (κ2) is 11.2. The van der Waals surface area contributed by atoms with Crippen molar-refractivity contribution in [2.75, 3.05) is 16.9 Å². The molecular formula is C34H25Cl3FIN2O6. The smallest absolute Gasteiger partial charge is 0.258 e. The third-order valence-electron chi connectivity index (χ3n) is 9.91. The molecule has 0 spiro atoms. The van der Waals surface area contributed by atoms with Crippen LogP contribution in [0.4, 0.5) is 15.8 Å². The number of alkyl halides is 2. The number of phenolic OH excluding ortho intramolecular Hbond substituents is 1. The summed E-state index contributed by atoms with van der Waals surface area (Å²) in [6.07, 6.45) is 1.77. The summed E-state index contributed by atoms with van der Waals surface area (Å²) in [6.45, 7) is 1.81. The van der Waals surface area contributed by atoms with Crippen LogP contribution in [-0.4, -0.2) is 45.6 Å². The van der Waals surface area contributed by atoms with Crippen molar-refractivity contribution in [1.82, 2.24) is 0 Å². The van der Waals surface area contributed by atoms with Gasteiger partial charge in [0, 0.05) is 10.9 Å². The van der Waals surface area contributed by atoms with Gasteiger partial charge in [-0.3, -0.25) is 19.2 Å². The minimum atomic E-state index is -2.11. The quantitative estimate of drug-likeness (QED) is 0.134. The molecule has 47 heavy (non-hydrogen) atoms. The fraction of sp³-hybridized carbons (Fsp3) is 0.294. The van der Waals surface area contributed by atoms with Crippen LogP contribution in [0.3, 0.4) is 0 Å². The SMILES string of the molecule is COc1cc([C@H]2C3=CC[C@@H]4C(=O)N(c5ccc(C)c(Cl)c5)C(=O)[C@@H]4[C@@H]3C[C@@]3(Cl)C(=O)N(c4ccc(F)cc4)C(=O)[C@@]23Cl)cc(I)c1O. The van der Waals surface area contributed by atoms with Crippen LogP contribution in [0.5, 0.6) is 11.5 Å². The zero-order chi connectivity index (χ0) is 33.7. The summed E-state index contributed by atoms with van der Waals surface area (Å²) in [5.41, 5.74) is 2.19. The maximum absolute atomic E-state index is 14.5. The van der Waals surface area contributed by atoms with Crippen molar-refractivity contribution in [3.63, 3.8) is 0 Å². The third kappa shape index (κ3) is 4.43. The molecule has 0 bridgehead atoms. The maximum atomic E-state index is 14.5. The van der Waals surface area contributed by atoms with Gasteiger partial charge in [-0.2, -0.15) is 0 Å². The third-order valence-corrected chi connectivity index (χ3v) is 12.6. The van der Waals surface area contributed by atoms with E-state index < -0.39 is 62.9 Å². The fourth-order valence-corrected chi connectivity index (χ4v) is 9.40. The fourth-order valence-electron chi connectivity index (χ4n) is 7.66. The predicted molar refractivity (Wildman–Crippen MR) is 183 cm³/mol. The van der Waals surface area contributed by atoms with Crippen molar-refractivity contribution in [3.8, 4) is 11.5 Å². The van der Waals surface area contributed by atoms with E-state index in [1.165, 1.54) is 25.3 Å². The first-order chi connectivity index (χ1) is 22.2. The standard InChI is InChI=1S/C34H25Cl3FIN2O6/c1-15-3-6-19(13-23(15)35)40-29(43)21-10-9-20-22(26(21)30(40)44)14-33(36)31(45)41(18-7-4-17(38)5-8-18)32(46)34(33,37)27(20)16-11-24(39)28(42)25(12-16)47-2/h3-9,11-13,21-22,26-27,42H,10,14H2,1-2H3/t21-,22+,26-,27-,33+,34-/m0/s1. The van der Waals surface area contributed by atoms with E-state index in [0.717, 1.165) is 27.5 Å². The Bertz CT molecular complexity index is 1960. The lowest BCUT2D eigenvalue weighted by molar-refractivity contribution is -0.125. The van der Waals surface area contributed by atoms with Gasteiger partial charge in [-0.25, -0.2) is 14.2 Å². The van der Waals surface area contributed by atoms with Crippen LogP contribution in [0.2, 0.25) is 5.02 Å². The number of fused-ring (bicyclic) bond motifs is 4. The molecule has 2 aliphatic heterocycles. The molecule has 8 nitrogen and oxygen atoms in total. The van der Waals surface area contributed by atoms with Crippen LogP contribution in [-0.2, 0) is 19.2 Å². The van der Waals surface area contributed by atoms with Gasteiger partial charge in [-0.1, -0.05) is 29.3 Å². The zero-order valence-electron chi connectivity index (χ0n) is 24.8. The van der Waals surface area contributed by atoms with Crippen LogP contribution in [0.25, 0.3) is 0 Å². The van der Waals surface area contributed by atoms with Crippen molar-refractivity contribution >= 4 is 92.4 Å². The first-order valence-corrected chi connectivity index (χ1v) is 16.9. The second-order valence-corrected chi connectivity index (χ2v) is 15.1. The zero-order valence-corrected chi connectivity index (χ0v) is 29.2. The average Bonchev–Trinajstić information content (AvgIpc) is 3.38. The van der Waals surface area contributed by atoms with Gasteiger partial charge in [-0.15, -0.1) is 23.2 Å².